The van der Waals surface area contributed by atoms with Crippen molar-refractivity contribution in [2.75, 3.05) is 6.61 Å². The molecular weight excluding hydrogens is 496 g/mol. The predicted octanol–water partition coefficient (Wildman–Crippen LogP) is 8.78. The van der Waals surface area contributed by atoms with Crippen molar-refractivity contribution in [1.82, 2.24) is 0 Å². The average molecular weight is 537 g/mol. The molecule has 2 aromatic rings. The second kappa shape index (κ2) is 11.5. The van der Waals surface area contributed by atoms with Gasteiger partial charge in [-0.3, -0.25) is 4.79 Å². The molecule has 2 aromatic carbocycles. The van der Waals surface area contributed by atoms with Crippen LogP contribution in [0.15, 0.2) is 89.9 Å². The van der Waals surface area contributed by atoms with E-state index < -0.39 is 0 Å². The first-order chi connectivity index (χ1) is 19.5. The Hall–Kier alpha value is -3.53. The van der Waals surface area contributed by atoms with E-state index in [1.807, 2.05) is 30.3 Å². The van der Waals surface area contributed by atoms with E-state index in [4.69, 9.17) is 14.2 Å². The molecule has 3 unspecified atom stereocenters. The maximum Gasteiger partial charge on any atom is 0.155 e. The zero-order valence-corrected chi connectivity index (χ0v) is 23.7. The number of carbonyl (C=O) groups is 1. The lowest BCUT2D eigenvalue weighted by molar-refractivity contribution is -0.121. The van der Waals surface area contributed by atoms with Crippen molar-refractivity contribution in [3.8, 4) is 11.5 Å². The summed E-state index contributed by atoms with van der Waals surface area (Å²) in [6.07, 6.45) is 12.5. The van der Waals surface area contributed by atoms with Crippen LogP contribution < -0.4 is 9.47 Å². The molecule has 1 heterocycles. The molecule has 4 nitrogen and oxygen atoms in total. The number of hydrogen-bond acceptors (Lipinski definition) is 4. The van der Waals surface area contributed by atoms with E-state index in [1.165, 1.54) is 42.4 Å². The van der Waals surface area contributed by atoms with Crippen LogP contribution in [0.2, 0.25) is 0 Å². The van der Waals surface area contributed by atoms with Gasteiger partial charge in [-0.05, 0) is 97.9 Å². The molecule has 1 saturated heterocycles. The fraction of sp³-hybridized carbons (Fsp3) is 0.417. The monoisotopic (exact) mass is 536 g/mol. The summed E-state index contributed by atoms with van der Waals surface area (Å²) in [6.45, 7) is 11.1. The number of allylic oxidation sites excluding steroid dienone is 4. The van der Waals surface area contributed by atoms with Crippen LogP contribution in [0.1, 0.15) is 92.7 Å². The molecule has 0 amide bonds. The first-order valence-electron chi connectivity index (χ1n) is 15.0. The molecule has 4 heteroatoms. The molecule has 2 fully saturated rings. The Kier molecular flexibility index (Phi) is 7.69. The molecule has 0 bridgehead atoms. The highest BCUT2D eigenvalue weighted by Crippen LogP contribution is 2.40. The fourth-order valence-corrected chi connectivity index (χ4v) is 6.79. The van der Waals surface area contributed by atoms with Crippen LogP contribution in [0.25, 0.3) is 0 Å². The minimum absolute atomic E-state index is 0.0281. The first-order valence-corrected chi connectivity index (χ1v) is 15.0. The highest BCUT2D eigenvalue weighted by atomic mass is 16.5. The molecule has 0 radical (unpaired) electrons. The zero-order valence-electron chi connectivity index (χ0n) is 23.7. The number of carbonyl (C=O) groups excluding carboxylic acids is 1. The predicted molar refractivity (Wildman–Crippen MR) is 159 cm³/mol. The van der Waals surface area contributed by atoms with E-state index in [0.717, 1.165) is 60.5 Å². The van der Waals surface area contributed by atoms with Gasteiger partial charge in [-0.1, -0.05) is 55.5 Å². The van der Waals surface area contributed by atoms with Gasteiger partial charge in [0.15, 0.2) is 6.10 Å². The number of hydrogen-bond donors (Lipinski definition) is 0. The molecule has 0 aromatic heterocycles. The number of Topliss-reactive ketones (excluding diaryl/α,β-unsaturated/α-hetero) is 1. The highest BCUT2D eigenvalue weighted by Gasteiger charge is 2.31. The van der Waals surface area contributed by atoms with E-state index in [0.29, 0.717) is 24.6 Å². The SMILES string of the molecule is C=C(Oc1cccc(C2COC(=C)C(Oc3ccc(C4CCCCC4=O)cc3)C2)c1C)C1=CC2=C(CCCC2)C1. The van der Waals surface area contributed by atoms with Gasteiger partial charge in [0.2, 0.25) is 0 Å². The zero-order chi connectivity index (χ0) is 27.6. The van der Waals surface area contributed by atoms with Crippen LogP contribution >= 0.6 is 0 Å². The van der Waals surface area contributed by atoms with Gasteiger partial charge in [0.25, 0.3) is 0 Å². The Morgan fingerprint density at radius 2 is 1.80 bits per heavy atom. The van der Waals surface area contributed by atoms with Crippen molar-refractivity contribution < 1.29 is 19.0 Å². The van der Waals surface area contributed by atoms with Crippen LogP contribution in [-0.2, 0) is 9.53 Å². The maximum atomic E-state index is 12.4. The summed E-state index contributed by atoms with van der Waals surface area (Å²) >= 11 is 0. The Morgan fingerprint density at radius 3 is 2.60 bits per heavy atom. The molecule has 208 valence electrons. The van der Waals surface area contributed by atoms with E-state index in [-0.39, 0.29) is 17.9 Å². The van der Waals surface area contributed by atoms with Crippen molar-refractivity contribution in [1.29, 1.82) is 0 Å². The normalized spacial score (nSPS) is 24.7. The summed E-state index contributed by atoms with van der Waals surface area (Å²) in [4.78, 5) is 12.4. The quantitative estimate of drug-likeness (QED) is 0.332. The summed E-state index contributed by atoms with van der Waals surface area (Å²) in [6, 6.07) is 14.3. The van der Waals surface area contributed by atoms with Gasteiger partial charge in [-0.25, -0.2) is 0 Å². The molecule has 3 aliphatic carbocycles. The molecule has 0 spiro atoms. The summed E-state index contributed by atoms with van der Waals surface area (Å²) in [7, 11) is 0. The Morgan fingerprint density at radius 1 is 1.00 bits per heavy atom. The van der Waals surface area contributed by atoms with Crippen LogP contribution in [0.5, 0.6) is 11.5 Å². The maximum absolute atomic E-state index is 12.4. The number of benzene rings is 2. The molecule has 0 N–H and O–H groups in total. The molecule has 40 heavy (non-hydrogen) atoms. The Balaban J connectivity index is 1.11. The van der Waals surface area contributed by atoms with Gasteiger partial charge in [0.1, 0.15) is 28.8 Å². The summed E-state index contributed by atoms with van der Waals surface area (Å²) < 4.78 is 18.8. The third kappa shape index (κ3) is 5.54. The van der Waals surface area contributed by atoms with Crippen LogP contribution in [0, 0.1) is 6.92 Å². The fourth-order valence-electron chi connectivity index (χ4n) is 6.79. The van der Waals surface area contributed by atoms with Gasteiger partial charge in [0, 0.05) is 24.7 Å². The molecule has 4 aliphatic rings. The number of ether oxygens (including phenoxy) is 3. The molecule has 1 saturated carbocycles. The third-order valence-electron chi connectivity index (χ3n) is 9.18. The summed E-state index contributed by atoms with van der Waals surface area (Å²) in [5.74, 6) is 3.58. The lowest BCUT2D eigenvalue weighted by atomic mass is 9.83. The van der Waals surface area contributed by atoms with E-state index in [2.05, 4.69) is 38.3 Å². The van der Waals surface area contributed by atoms with Gasteiger partial charge in [0.05, 0.1) is 6.61 Å². The highest BCUT2D eigenvalue weighted by molar-refractivity contribution is 5.86. The second-order valence-electron chi connectivity index (χ2n) is 11.8. The van der Waals surface area contributed by atoms with E-state index >= 15 is 0 Å². The largest absolute Gasteiger partial charge is 0.494 e. The minimum atomic E-state index is -0.249. The standard InChI is InChI=1S/C36H40O4/c1-23-32(12-8-14-35(23)39-24(2)29-19-27-9-4-5-10-28(27)20-29)30-21-36(25(3)38-22-30)40-31-17-15-26(16-18-31)33-11-6-7-13-34(33)37/h8,12,14-19,30,33,36H,2-7,9-11,13,20-22H2,1H3. The molecule has 6 rings (SSSR count). The van der Waals surface area contributed by atoms with Gasteiger partial charge >= 0.3 is 0 Å². The Labute approximate surface area is 238 Å². The van der Waals surface area contributed by atoms with E-state index in [1.54, 1.807) is 5.57 Å². The van der Waals surface area contributed by atoms with Crippen molar-refractivity contribution in [2.24, 2.45) is 0 Å². The topological polar surface area (TPSA) is 44.8 Å². The number of rotatable bonds is 7. The number of ketones is 1. The smallest absolute Gasteiger partial charge is 0.155 e. The second-order valence-corrected chi connectivity index (χ2v) is 11.8. The minimum Gasteiger partial charge on any atom is -0.494 e. The van der Waals surface area contributed by atoms with Crippen LogP contribution in [0.3, 0.4) is 0 Å². The van der Waals surface area contributed by atoms with Gasteiger partial charge in [-0.2, -0.15) is 0 Å². The average Bonchev–Trinajstić information content (AvgIpc) is 3.41. The van der Waals surface area contributed by atoms with Gasteiger partial charge < -0.3 is 14.2 Å². The van der Waals surface area contributed by atoms with Crippen LogP contribution in [-0.4, -0.2) is 18.5 Å². The Bertz CT molecular complexity index is 1380. The third-order valence-corrected chi connectivity index (χ3v) is 9.18. The van der Waals surface area contributed by atoms with Crippen molar-refractivity contribution in [3.63, 3.8) is 0 Å². The molecular formula is C36H40O4. The summed E-state index contributed by atoms with van der Waals surface area (Å²) in [5.41, 5.74) is 7.68. The van der Waals surface area contributed by atoms with E-state index in [9.17, 15) is 4.79 Å². The first kappa shape index (κ1) is 26.7. The summed E-state index contributed by atoms with van der Waals surface area (Å²) in [5, 5.41) is 0. The van der Waals surface area contributed by atoms with Gasteiger partial charge in [-0.15, -0.1) is 0 Å². The molecule has 1 aliphatic heterocycles. The van der Waals surface area contributed by atoms with Crippen molar-refractivity contribution >= 4 is 5.78 Å². The lowest BCUT2D eigenvalue weighted by Crippen LogP contribution is -2.31. The van der Waals surface area contributed by atoms with Crippen LogP contribution in [0.4, 0.5) is 0 Å². The van der Waals surface area contributed by atoms with Crippen molar-refractivity contribution in [2.45, 2.75) is 89.1 Å². The molecule has 3 atom stereocenters. The lowest BCUT2D eigenvalue weighted by Gasteiger charge is -2.33. The van der Waals surface area contributed by atoms with Crippen molar-refractivity contribution in [3.05, 3.63) is 107 Å².